The minimum absolute atomic E-state index is 0.218. The summed E-state index contributed by atoms with van der Waals surface area (Å²) in [5, 5.41) is 12.4. The summed E-state index contributed by atoms with van der Waals surface area (Å²) in [6.07, 6.45) is 1.08. The smallest absolute Gasteiger partial charge is 0.270 e. The van der Waals surface area contributed by atoms with E-state index in [-0.39, 0.29) is 17.8 Å². The third kappa shape index (κ3) is 5.06. The zero-order chi connectivity index (χ0) is 27.8. The van der Waals surface area contributed by atoms with E-state index in [1.807, 2.05) is 38.6 Å². The molecule has 2 atom stereocenters. The van der Waals surface area contributed by atoms with Crippen molar-refractivity contribution in [1.29, 1.82) is 0 Å². The second-order valence-electron chi connectivity index (χ2n) is 10.2. The molecule has 1 amide bonds. The summed E-state index contributed by atoms with van der Waals surface area (Å²) in [7, 11) is 1.89. The van der Waals surface area contributed by atoms with Crippen LogP contribution in [0.15, 0.2) is 60.7 Å². The summed E-state index contributed by atoms with van der Waals surface area (Å²) >= 11 is 0. The Kier molecular flexibility index (Phi) is 7.04. The van der Waals surface area contributed by atoms with Gasteiger partial charge < -0.3 is 5.32 Å². The fraction of sp³-hybridized carbons (Fsp3) is 0.290. The Balaban J connectivity index is 1.56. The first-order chi connectivity index (χ1) is 18.7. The molecule has 5 rings (SSSR count). The summed E-state index contributed by atoms with van der Waals surface area (Å²) in [5.74, 6) is -0.103. The third-order valence-electron chi connectivity index (χ3n) is 7.53. The van der Waals surface area contributed by atoms with E-state index in [0.29, 0.717) is 28.6 Å². The van der Waals surface area contributed by atoms with Crippen LogP contribution < -0.4 is 5.32 Å². The number of halogens is 1. The summed E-state index contributed by atoms with van der Waals surface area (Å²) in [5.41, 5.74) is 7.81. The second kappa shape index (κ2) is 10.4. The van der Waals surface area contributed by atoms with E-state index in [9.17, 15) is 9.18 Å². The minimum Gasteiger partial charge on any atom is -0.344 e. The maximum absolute atomic E-state index is 13.7. The Labute approximate surface area is 227 Å². The molecule has 200 valence electrons. The van der Waals surface area contributed by atoms with Gasteiger partial charge in [-0.15, -0.1) is 0 Å². The van der Waals surface area contributed by atoms with E-state index in [4.69, 9.17) is 4.98 Å². The molecule has 0 unspecified atom stereocenters. The lowest BCUT2D eigenvalue weighted by Gasteiger charge is -2.17. The van der Waals surface area contributed by atoms with Crippen LogP contribution in [0.3, 0.4) is 0 Å². The monoisotopic (exact) mass is 524 g/mol. The van der Waals surface area contributed by atoms with Crippen LogP contribution in [0, 0.1) is 19.7 Å². The number of nitrogens with zero attached hydrogens (tertiary/aromatic N) is 5. The highest BCUT2D eigenvalue weighted by Crippen LogP contribution is 2.29. The lowest BCUT2D eigenvalue weighted by Crippen LogP contribution is -2.29. The highest BCUT2D eigenvalue weighted by molar-refractivity contribution is 5.95. The zero-order valence-corrected chi connectivity index (χ0v) is 23.2. The van der Waals surface area contributed by atoms with Crippen LogP contribution in [0.4, 0.5) is 4.39 Å². The summed E-state index contributed by atoms with van der Waals surface area (Å²) in [4.78, 5) is 18.6. The molecule has 0 aliphatic rings. The molecule has 0 radical (unpaired) electrons. The van der Waals surface area contributed by atoms with E-state index in [1.54, 1.807) is 22.7 Å². The second-order valence-corrected chi connectivity index (χ2v) is 10.2. The molecule has 0 aliphatic carbocycles. The van der Waals surface area contributed by atoms with Crippen molar-refractivity contribution in [1.82, 2.24) is 29.7 Å². The number of carbonyl (C=O) groups is 1. The number of hydrogen-bond donors (Lipinski definition) is 1. The van der Waals surface area contributed by atoms with Crippen molar-refractivity contribution in [2.24, 2.45) is 7.05 Å². The number of rotatable bonds is 7. The van der Waals surface area contributed by atoms with Gasteiger partial charge in [-0.05, 0) is 74.6 Å². The number of aromatic nitrogens is 5. The van der Waals surface area contributed by atoms with Crippen LogP contribution in [0.25, 0.3) is 28.2 Å². The molecule has 0 aliphatic heterocycles. The van der Waals surface area contributed by atoms with Crippen LogP contribution in [-0.2, 0) is 7.05 Å². The number of hydrogen-bond acceptors (Lipinski definition) is 4. The first-order valence-electron chi connectivity index (χ1n) is 13.2. The van der Waals surface area contributed by atoms with Crippen molar-refractivity contribution in [2.75, 3.05) is 0 Å². The Morgan fingerprint density at radius 2 is 1.62 bits per heavy atom. The van der Waals surface area contributed by atoms with Crippen LogP contribution in [0.5, 0.6) is 0 Å². The molecule has 0 bridgehead atoms. The summed E-state index contributed by atoms with van der Waals surface area (Å²) < 4.78 is 16.9. The normalized spacial score (nSPS) is 13.0. The molecule has 8 heteroatoms. The summed E-state index contributed by atoms with van der Waals surface area (Å²) in [6, 6.07) is 17.9. The Hall–Kier alpha value is -4.33. The van der Waals surface area contributed by atoms with Gasteiger partial charge in [0.05, 0.1) is 23.1 Å². The number of benzene rings is 2. The fourth-order valence-electron chi connectivity index (χ4n) is 4.87. The van der Waals surface area contributed by atoms with Gasteiger partial charge in [-0.3, -0.25) is 9.48 Å². The van der Waals surface area contributed by atoms with Gasteiger partial charge in [0, 0.05) is 29.9 Å². The molecule has 0 spiro atoms. The molecule has 1 N–H and O–H groups in total. The molecular weight excluding hydrogens is 491 g/mol. The number of fused-ring (bicyclic) bond motifs is 1. The van der Waals surface area contributed by atoms with Crippen LogP contribution >= 0.6 is 0 Å². The molecular formula is C31H33FN6O. The van der Waals surface area contributed by atoms with Crippen LogP contribution in [0.2, 0.25) is 0 Å². The number of carbonyl (C=O) groups excluding carboxylic acids is 1. The quantitative estimate of drug-likeness (QED) is 0.262. The van der Waals surface area contributed by atoms with Crippen LogP contribution in [0.1, 0.15) is 72.2 Å². The van der Waals surface area contributed by atoms with Crippen molar-refractivity contribution >= 4 is 11.6 Å². The highest BCUT2D eigenvalue weighted by atomic mass is 19.1. The average molecular weight is 525 g/mol. The van der Waals surface area contributed by atoms with Gasteiger partial charge in [-0.2, -0.15) is 10.2 Å². The first-order valence-corrected chi connectivity index (χ1v) is 13.2. The van der Waals surface area contributed by atoms with E-state index >= 15 is 0 Å². The molecule has 0 saturated carbocycles. The van der Waals surface area contributed by atoms with Crippen molar-refractivity contribution in [3.8, 4) is 22.5 Å². The van der Waals surface area contributed by atoms with Gasteiger partial charge in [0.15, 0.2) is 5.65 Å². The first kappa shape index (κ1) is 26.3. The zero-order valence-electron chi connectivity index (χ0n) is 23.2. The van der Waals surface area contributed by atoms with Crippen molar-refractivity contribution in [3.63, 3.8) is 0 Å². The molecule has 2 aromatic carbocycles. The standard InChI is InChI=1S/C31H33FN6O/c1-7-18(2)22-8-10-23(11-9-22)19(3)33-31(39)28-16-27(30-20(4)35-37(6)21(30)5)34-29-17-26(36-38(28)29)24-12-14-25(32)15-13-24/h8-19H,7H2,1-6H3,(H,33,39)/t18-,19-/m1/s1. The molecule has 5 aromatic rings. The van der Waals surface area contributed by atoms with Crippen molar-refractivity contribution in [3.05, 3.63) is 94.7 Å². The SMILES string of the molecule is CC[C@@H](C)c1ccc([C@@H](C)NC(=O)c2cc(-c3c(C)nn(C)c3C)nc3cc(-c4ccc(F)cc4)nn23)cc1. The van der Waals surface area contributed by atoms with Gasteiger partial charge in [0.2, 0.25) is 0 Å². The maximum Gasteiger partial charge on any atom is 0.270 e. The number of aryl methyl sites for hydroxylation is 2. The highest BCUT2D eigenvalue weighted by Gasteiger charge is 2.22. The van der Waals surface area contributed by atoms with E-state index in [0.717, 1.165) is 34.5 Å². The van der Waals surface area contributed by atoms with Gasteiger partial charge in [0.1, 0.15) is 11.5 Å². The molecule has 0 fully saturated rings. The van der Waals surface area contributed by atoms with E-state index in [1.165, 1.54) is 17.7 Å². The topological polar surface area (TPSA) is 77.1 Å². The Morgan fingerprint density at radius 3 is 2.23 bits per heavy atom. The predicted octanol–water partition coefficient (Wildman–Crippen LogP) is 6.56. The fourth-order valence-corrected chi connectivity index (χ4v) is 4.87. The van der Waals surface area contributed by atoms with E-state index < -0.39 is 0 Å². The van der Waals surface area contributed by atoms with Gasteiger partial charge >= 0.3 is 0 Å². The lowest BCUT2D eigenvalue weighted by atomic mass is 9.96. The average Bonchev–Trinajstić information content (AvgIpc) is 3.47. The third-order valence-corrected chi connectivity index (χ3v) is 7.53. The van der Waals surface area contributed by atoms with Crippen LogP contribution in [-0.4, -0.2) is 30.3 Å². The molecule has 3 aromatic heterocycles. The molecule has 0 saturated heterocycles. The Bertz CT molecular complexity index is 1650. The largest absolute Gasteiger partial charge is 0.344 e. The van der Waals surface area contributed by atoms with E-state index in [2.05, 4.69) is 53.6 Å². The summed E-state index contributed by atoms with van der Waals surface area (Å²) in [6.45, 7) is 10.3. The number of amides is 1. The van der Waals surface area contributed by atoms with Gasteiger partial charge in [0.25, 0.3) is 5.91 Å². The number of nitrogens with one attached hydrogen (secondary N) is 1. The van der Waals surface area contributed by atoms with Crippen molar-refractivity contribution in [2.45, 2.75) is 53.0 Å². The van der Waals surface area contributed by atoms with Crippen molar-refractivity contribution < 1.29 is 9.18 Å². The molecule has 3 heterocycles. The molecule has 7 nitrogen and oxygen atoms in total. The predicted molar refractivity (Wildman–Crippen MR) is 151 cm³/mol. The minimum atomic E-state index is -0.323. The van der Waals surface area contributed by atoms with Gasteiger partial charge in [-0.25, -0.2) is 13.9 Å². The lowest BCUT2D eigenvalue weighted by molar-refractivity contribution is 0.0932. The molecule has 39 heavy (non-hydrogen) atoms. The maximum atomic E-state index is 13.7. The Morgan fingerprint density at radius 1 is 0.949 bits per heavy atom. The van der Waals surface area contributed by atoms with Gasteiger partial charge in [-0.1, -0.05) is 38.1 Å².